The fourth-order valence-electron chi connectivity index (χ4n) is 4.44. The Balaban J connectivity index is 1.61. The Labute approximate surface area is 217 Å². The largest absolute Gasteiger partial charge is 0.247 e. The highest BCUT2D eigenvalue weighted by Gasteiger charge is 2.17. The second-order valence-electron chi connectivity index (χ2n) is 8.99. The van der Waals surface area contributed by atoms with Crippen LogP contribution in [-0.2, 0) is 0 Å². The number of fused-ring (bicyclic) bond motifs is 1. The Hall–Kier alpha value is -4.01. The van der Waals surface area contributed by atoms with E-state index in [1.165, 1.54) is 31.7 Å². The maximum Gasteiger partial charge on any atom is 0.0884 e. The van der Waals surface area contributed by atoms with Crippen molar-refractivity contribution in [3.63, 3.8) is 0 Å². The predicted octanol–water partition coefficient (Wildman–Crippen LogP) is 9.81. The lowest BCUT2D eigenvalue weighted by Gasteiger charge is -2.11. The zero-order valence-corrected chi connectivity index (χ0v) is 21.8. The molecule has 0 aliphatic carbocycles. The summed E-state index contributed by atoms with van der Waals surface area (Å²) < 4.78 is 1.28. The van der Waals surface area contributed by atoms with Crippen molar-refractivity contribution in [2.24, 2.45) is 4.99 Å². The third-order valence-electron chi connectivity index (χ3n) is 6.50. The van der Waals surface area contributed by atoms with Crippen LogP contribution in [0, 0.1) is 6.92 Å². The lowest BCUT2D eigenvalue weighted by molar-refractivity contribution is 1.45. The molecule has 36 heavy (non-hydrogen) atoms. The second-order valence-corrected chi connectivity index (χ2v) is 10.0. The summed E-state index contributed by atoms with van der Waals surface area (Å²) >= 11 is 1.81. The normalized spacial score (nSPS) is 12.2. The standard InChI is InChI=1S/C34H29NS/c1-5-31(28-19-17-27(18-20-28)26-11-7-6-8-12-26)35-33(29-21-15-25(16-22-29)23(2)3)34-24(4)30-13-9-10-14-32(30)36-34/h5-22H,2H2,1,3-4H3/b31-5-,35-33?. The van der Waals surface area contributed by atoms with Gasteiger partial charge in [0.05, 0.1) is 16.3 Å². The van der Waals surface area contributed by atoms with Gasteiger partial charge in [-0.2, -0.15) is 0 Å². The highest BCUT2D eigenvalue weighted by molar-refractivity contribution is 7.21. The van der Waals surface area contributed by atoms with Crippen LogP contribution in [0.15, 0.2) is 121 Å². The average Bonchev–Trinajstić information content (AvgIpc) is 3.26. The van der Waals surface area contributed by atoms with E-state index in [-0.39, 0.29) is 0 Å². The number of thiophene rings is 1. The van der Waals surface area contributed by atoms with Crippen LogP contribution < -0.4 is 0 Å². The van der Waals surface area contributed by atoms with E-state index < -0.39 is 0 Å². The van der Waals surface area contributed by atoms with Crippen LogP contribution in [0.4, 0.5) is 0 Å². The predicted molar refractivity (Wildman–Crippen MR) is 159 cm³/mol. The van der Waals surface area contributed by atoms with Crippen molar-refractivity contribution in [3.05, 3.63) is 143 Å². The fourth-order valence-corrected chi connectivity index (χ4v) is 5.66. The summed E-state index contributed by atoms with van der Waals surface area (Å²) in [4.78, 5) is 6.51. The molecule has 0 amide bonds. The molecule has 0 spiro atoms. The average molecular weight is 484 g/mol. The van der Waals surface area contributed by atoms with Gasteiger partial charge in [-0.25, -0.2) is 4.99 Å². The molecular weight excluding hydrogens is 454 g/mol. The maximum atomic E-state index is 5.30. The summed E-state index contributed by atoms with van der Waals surface area (Å²) in [6.45, 7) is 10.4. The summed E-state index contributed by atoms with van der Waals surface area (Å²) in [5, 5.41) is 1.29. The molecule has 0 bridgehead atoms. The number of hydrogen-bond acceptors (Lipinski definition) is 2. The molecule has 0 aliphatic rings. The van der Waals surface area contributed by atoms with Crippen molar-refractivity contribution in [1.82, 2.24) is 0 Å². The van der Waals surface area contributed by atoms with Gasteiger partial charge in [-0.05, 0) is 60.0 Å². The van der Waals surface area contributed by atoms with Gasteiger partial charge in [-0.15, -0.1) is 11.3 Å². The van der Waals surface area contributed by atoms with Crippen LogP contribution in [0.2, 0.25) is 0 Å². The second kappa shape index (κ2) is 10.3. The zero-order valence-electron chi connectivity index (χ0n) is 21.0. The van der Waals surface area contributed by atoms with E-state index in [1.54, 1.807) is 0 Å². The number of hydrogen-bond donors (Lipinski definition) is 0. The summed E-state index contributed by atoms with van der Waals surface area (Å²) in [5.41, 5.74) is 10.1. The third kappa shape index (κ3) is 4.73. The Morgan fingerprint density at radius 2 is 1.31 bits per heavy atom. The fraction of sp³-hybridized carbons (Fsp3) is 0.0882. The summed E-state index contributed by atoms with van der Waals surface area (Å²) in [6, 6.07) is 36.4. The van der Waals surface area contributed by atoms with Gasteiger partial charge in [0, 0.05) is 10.3 Å². The minimum atomic E-state index is 0.963. The van der Waals surface area contributed by atoms with Crippen molar-refractivity contribution < 1.29 is 0 Å². The van der Waals surface area contributed by atoms with Gasteiger partial charge in [0.25, 0.3) is 0 Å². The zero-order chi connectivity index (χ0) is 25.1. The number of aryl methyl sites for hydroxylation is 1. The Morgan fingerprint density at radius 1 is 0.722 bits per heavy atom. The molecule has 0 fully saturated rings. The molecule has 1 heterocycles. The lowest BCUT2D eigenvalue weighted by Crippen LogP contribution is -2.04. The van der Waals surface area contributed by atoms with E-state index in [0.717, 1.165) is 33.7 Å². The molecule has 176 valence electrons. The summed E-state index contributed by atoms with van der Waals surface area (Å²) in [7, 11) is 0. The molecule has 0 unspecified atom stereocenters. The highest BCUT2D eigenvalue weighted by atomic mass is 32.1. The number of rotatable bonds is 6. The highest BCUT2D eigenvalue weighted by Crippen LogP contribution is 2.34. The molecular formula is C34H29NS. The molecule has 0 radical (unpaired) electrons. The minimum absolute atomic E-state index is 0.963. The number of aliphatic imine (C=N–C) groups is 1. The van der Waals surface area contributed by atoms with Crippen molar-refractivity contribution >= 4 is 38.4 Å². The molecule has 0 saturated carbocycles. The minimum Gasteiger partial charge on any atom is -0.247 e. The van der Waals surface area contributed by atoms with Crippen LogP contribution >= 0.6 is 11.3 Å². The van der Waals surface area contributed by atoms with Gasteiger partial charge >= 0.3 is 0 Å². The first-order valence-corrected chi connectivity index (χ1v) is 13.0. The number of benzene rings is 4. The monoisotopic (exact) mass is 483 g/mol. The van der Waals surface area contributed by atoms with Gasteiger partial charge in [0.2, 0.25) is 0 Å². The molecule has 2 heteroatoms. The molecule has 5 aromatic rings. The summed E-state index contributed by atoms with van der Waals surface area (Å²) in [5.74, 6) is 0. The molecule has 4 aromatic carbocycles. The molecule has 0 saturated heterocycles. The van der Waals surface area contributed by atoms with E-state index in [4.69, 9.17) is 4.99 Å². The van der Waals surface area contributed by atoms with Crippen molar-refractivity contribution in [3.8, 4) is 11.1 Å². The SMILES string of the molecule is C=C(C)c1ccc(C(=N/C(=C\C)c2ccc(-c3ccccc3)cc2)c2sc3ccccc3c2C)cc1. The van der Waals surface area contributed by atoms with Gasteiger partial charge in [-0.3, -0.25) is 0 Å². The molecule has 1 aromatic heterocycles. The number of nitrogens with zero attached hydrogens (tertiary/aromatic N) is 1. The Kier molecular flexibility index (Phi) is 6.79. The van der Waals surface area contributed by atoms with Gasteiger partial charge in [0.15, 0.2) is 0 Å². The first kappa shape index (κ1) is 23.7. The van der Waals surface area contributed by atoms with Crippen LogP contribution in [0.5, 0.6) is 0 Å². The van der Waals surface area contributed by atoms with Gasteiger partial charge in [0.1, 0.15) is 0 Å². The van der Waals surface area contributed by atoms with E-state index in [2.05, 4.69) is 124 Å². The summed E-state index contributed by atoms with van der Waals surface area (Å²) in [6.07, 6.45) is 2.10. The third-order valence-corrected chi connectivity index (χ3v) is 7.78. The lowest BCUT2D eigenvalue weighted by atomic mass is 10.00. The Bertz CT molecular complexity index is 1580. The van der Waals surface area contributed by atoms with Crippen molar-refractivity contribution in [1.29, 1.82) is 0 Å². The molecule has 0 atom stereocenters. The molecule has 0 N–H and O–H groups in total. The van der Waals surface area contributed by atoms with E-state index in [0.29, 0.717) is 0 Å². The first-order valence-electron chi connectivity index (χ1n) is 12.2. The Morgan fingerprint density at radius 3 is 1.94 bits per heavy atom. The van der Waals surface area contributed by atoms with E-state index >= 15 is 0 Å². The van der Waals surface area contributed by atoms with Gasteiger partial charge in [-0.1, -0.05) is 115 Å². The van der Waals surface area contributed by atoms with Crippen LogP contribution in [-0.4, -0.2) is 5.71 Å². The van der Waals surface area contributed by atoms with Crippen LogP contribution in [0.25, 0.3) is 32.5 Å². The quantitative estimate of drug-likeness (QED) is 0.213. The van der Waals surface area contributed by atoms with Crippen LogP contribution in [0.3, 0.4) is 0 Å². The van der Waals surface area contributed by atoms with Crippen molar-refractivity contribution in [2.75, 3.05) is 0 Å². The van der Waals surface area contributed by atoms with E-state index in [1.807, 2.05) is 24.3 Å². The van der Waals surface area contributed by atoms with E-state index in [9.17, 15) is 0 Å². The molecule has 5 rings (SSSR count). The molecule has 0 aliphatic heterocycles. The van der Waals surface area contributed by atoms with Crippen molar-refractivity contribution in [2.45, 2.75) is 20.8 Å². The number of allylic oxidation sites excluding steroid dienone is 2. The van der Waals surface area contributed by atoms with Gasteiger partial charge < -0.3 is 0 Å². The first-order chi connectivity index (χ1) is 17.5. The smallest absolute Gasteiger partial charge is 0.0884 e. The molecule has 1 nitrogen and oxygen atoms in total. The maximum absolute atomic E-state index is 5.30. The topological polar surface area (TPSA) is 12.4 Å². The van der Waals surface area contributed by atoms with Crippen LogP contribution in [0.1, 0.15) is 41.0 Å².